The van der Waals surface area contributed by atoms with E-state index in [1.54, 1.807) is 6.08 Å². The van der Waals surface area contributed by atoms with Crippen LogP contribution in [0.2, 0.25) is 0 Å². The molecule has 2 saturated carbocycles. The molecule has 0 unspecified atom stereocenters. The number of hydrogen-bond donors (Lipinski definition) is 1. The molecule has 0 amide bonds. The highest BCUT2D eigenvalue weighted by Gasteiger charge is 2.64. The van der Waals surface area contributed by atoms with E-state index in [1.165, 1.54) is 7.11 Å². The van der Waals surface area contributed by atoms with Crippen molar-refractivity contribution >= 4 is 5.97 Å². The third-order valence-corrected chi connectivity index (χ3v) is 8.02. The molecule has 1 saturated heterocycles. The first-order valence-electron chi connectivity index (χ1n) is 9.73. The summed E-state index contributed by atoms with van der Waals surface area (Å²) in [6.45, 7) is 10.6. The van der Waals surface area contributed by atoms with Crippen LogP contribution in [0.1, 0.15) is 65.7 Å². The van der Waals surface area contributed by atoms with E-state index in [1.807, 2.05) is 0 Å². The average Bonchev–Trinajstić information content (AvgIpc) is 2.59. The molecule has 0 aromatic carbocycles. The van der Waals surface area contributed by atoms with Gasteiger partial charge < -0.3 is 14.6 Å². The minimum atomic E-state index is -0.616. The summed E-state index contributed by atoms with van der Waals surface area (Å²) in [5, 5.41) is 9.87. The van der Waals surface area contributed by atoms with Gasteiger partial charge in [-0.2, -0.15) is 0 Å². The Morgan fingerprint density at radius 3 is 2.48 bits per heavy atom. The normalized spacial score (nSPS) is 49.6. The highest BCUT2D eigenvalue weighted by molar-refractivity contribution is 5.77. The minimum absolute atomic E-state index is 0.0151. The lowest BCUT2D eigenvalue weighted by Gasteiger charge is -2.65. The first-order chi connectivity index (χ1) is 11.7. The van der Waals surface area contributed by atoms with Gasteiger partial charge in [-0.25, -0.2) is 0 Å². The van der Waals surface area contributed by atoms with Crippen LogP contribution >= 0.6 is 0 Å². The third-order valence-electron chi connectivity index (χ3n) is 8.02. The van der Waals surface area contributed by atoms with E-state index in [-0.39, 0.29) is 23.6 Å². The Balaban J connectivity index is 1.96. The second kappa shape index (κ2) is 6.09. The van der Waals surface area contributed by atoms with Crippen LogP contribution in [-0.4, -0.2) is 36.0 Å². The van der Waals surface area contributed by atoms with Crippen molar-refractivity contribution in [2.45, 2.75) is 76.9 Å². The Hall–Kier alpha value is -0.870. The number of fused-ring (bicyclic) bond motifs is 3. The van der Waals surface area contributed by atoms with Gasteiger partial charge in [0.2, 0.25) is 0 Å². The zero-order chi connectivity index (χ0) is 18.5. The third kappa shape index (κ3) is 2.59. The molecular weight excluding hydrogens is 316 g/mol. The molecule has 1 heterocycles. The number of methoxy groups -OCH3 is 1. The topological polar surface area (TPSA) is 55.8 Å². The quantitative estimate of drug-likeness (QED) is 0.620. The Morgan fingerprint density at radius 1 is 1.20 bits per heavy atom. The molecule has 0 bridgehead atoms. The molecule has 1 aliphatic heterocycles. The minimum Gasteiger partial charge on any atom is -0.469 e. The van der Waals surface area contributed by atoms with Gasteiger partial charge in [-0.3, -0.25) is 4.79 Å². The zero-order valence-electron chi connectivity index (χ0n) is 16.3. The molecule has 0 radical (unpaired) electrons. The summed E-state index contributed by atoms with van der Waals surface area (Å²) >= 11 is 0. The van der Waals surface area contributed by atoms with Gasteiger partial charge >= 0.3 is 5.97 Å². The number of carbonyl (C=O) groups is 1. The summed E-state index contributed by atoms with van der Waals surface area (Å²) in [4.78, 5) is 12.6. The predicted octanol–water partition coefficient (Wildman–Crippen LogP) is 3.87. The molecule has 3 rings (SSSR count). The monoisotopic (exact) mass is 350 g/mol. The summed E-state index contributed by atoms with van der Waals surface area (Å²) in [6, 6.07) is 0. The van der Waals surface area contributed by atoms with Crippen molar-refractivity contribution in [1.82, 2.24) is 0 Å². The molecule has 0 aromatic rings. The molecule has 25 heavy (non-hydrogen) atoms. The maximum absolute atomic E-state index is 12.6. The molecule has 6 atom stereocenters. The van der Waals surface area contributed by atoms with Crippen molar-refractivity contribution in [3.8, 4) is 0 Å². The fourth-order valence-electron chi connectivity index (χ4n) is 6.74. The number of ether oxygens (including phenoxy) is 2. The Morgan fingerprint density at radius 2 is 1.88 bits per heavy atom. The number of rotatable bonds is 3. The fraction of sp³-hybridized carbons (Fsp3) is 0.857. The smallest absolute Gasteiger partial charge is 0.311 e. The van der Waals surface area contributed by atoms with Crippen LogP contribution in [0.5, 0.6) is 0 Å². The van der Waals surface area contributed by atoms with Crippen molar-refractivity contribution in [3.63, 3.8) is 0 Å². The van der Waals surface area contributed by atoms with E-state index in [0.717, 1.165) is 44.9 Å². The van der Waals surface area contributed by atoms with Gasteiger partial charge in [-0.15, -0.1) is 6.58 Å². The molecule has 2 aliphatic carbocycles. The molecule has 1 N–H and O–H groups in total. The van der Waals surface area contributed by atoms with Crippen LogP contribution in [-0.2, 0) is 14.3 Å². The van der Waals surface area contributed by atoms with E-state index in [9.17, 15) is 9.90 Å². The van der Waals surface area contributed by atoms with Crippen LogP contribution in [0.4, 0.5) is 0 Å². The number of aliphatic hydroxyl groups is 1. The van der Waals surface area contributed by atoms with Gasteiger partial charge in [0.05, 0.1) is 24.7 Å². The SMILES string of the molecule is C=C[C@@]1(CO)CC[C@H]2[C@]3(C)CCC[C@](C)(C(=O)OC)[C@H]3CC[C@]2(C)O1. The number of hydrogen-bond acceptors (Lipinski definition) is 4. The standard InChI is InChI=1S/C21H34O4/c1-6-21(14-22)13-9-16-18(2)10-7-11-19(3,17(23)24-5)15(18)8-12-20(16,4)25-21/h6,15-16,22H,1,7-14H2,2-5H3/t15-,16-,18+,19-,20-,21-/m0/s1. The predicted molar refractivity (Wildman–Crippen MR) is 97.0 cm³/mol. The van der Waals surface area contributed by atoms with Crippen molar-refractivity contribution in [2.24, 2.45) is 22.7 Å². The molecule has 4 heteroatoms. The van der Waals surface area contributed by atoms with Crippen LogP contribution < -0.4 is 0 Å². The molecule has 142 valence electrons. The van der Waals surface area contributed by atoms with E-state index in [4.69, 9.17) is 9.47 Å². The summed E-state index contributed by atoms with van der Waals surface area (Å²) in [6.07, 6.45) is 8.57. The largest absolute Gasteiger partial charge is 0.469 e. The number of aliphatic hydroxyl groups excluding tert-OH is 1. The summed E-state index contributed by atoms with van der Waals surface area (Å²) in [5.74, 6) is 0.662. The number of carbonyl (C=O) groups excluding carboxylic acids is 1. The van der Waals surface area contributed by atoms with Gasteiger partial charge in [0, 0.05) is 0 Å². The highest BCUT2D eigenvalue weighted by Crippen LogP contribution is 2.65. The van der Waals surface area contributed by atoms with Gasteiger partial charge in [0.25, 0.3) is 0 Å². The van der Waals surface area contributed by atoms with Crippen LogP contribution in [0, 0.1) is 22.7 Å². The first kappa shape index (κ1) is 18.9. The van der Waals surface area contributed by atoms with Gasteiger partial charge in [0.15, 0.2) is 0 Å². The van der Waals surface area contributed by atoms with E-state index >= 15 is 0 Å². The van der Waals surface area contributed by atoms with Gasteiger partial charge in [-0.05, 0) is 69.6 Å². The van der Waals surface area contributed by atoms with Crippen molar-refractivity contribution in [2.75, 3.05) is 13.7 Å². The molecule has 0 spiro atoms. The fourth-order valence-corrected chi connectivity index (χ4v) is 6.74. The molecule has 3 aliphatic rings. The Kier molecular flexibility index (Phi) is 4.61. The Labute approximate surface area is 152 Å². The molecule has 3 fully saturated rings. The second-order valence-corrected chi connectivity index (χ2v) is 9.29. The lowest BCUT2D eigenvalue weighted by molar-refractivity contribution is -0.264. The second-order valence-electron chi connectivity index (χ2n) is 9.29. The Bertz CT molecular complexity index is 560. The lowest BCUT2D eigenvalue weighted by atomic mass is 9.44. The molecular formula is C21H34O4. The highest BCUT2D eigenvalue weighted by atomic mass is 16.5. The van der Waals surface area contributed by atoms with Crippen molar-refractivity contribution < 1.29 is 19.4 Å². The average molecular weight is 350 g/mol. The van der Waals surface area contributed by atoms with Crippen LogP contribution in [0.25, 0.3) is 0 Å². The number of esters is 1. The van der Waals surface area contributed by atoms with Crippen molar-refractivity contribution in [1.29, 1.82) is 0 Å². The summed E-state index contributed by atoms with van der Waals surface area (Å²) in [7, 11) is 1.51. The van der Waals surface area contributed by atoms with E-state index in [0.29, 0.717) is 11.8 Å². The van der Waals surface area contributed by atoms with Crippen molar-refractivity contribution in [3.05, 3.63) is 12.7 Å². The summed E-state index contributed by atoms with van der Waals surface area (Å²) in [5.41, 5.74) is -1.21. The van der Waals surface area contributed by atoms with E-state index < -0.39 is 11.0 Å². The molecule has 0 aromatic heterocycles. The van der Waals surface area contributed by atoms with Crippen LogP contribution in [0.3, 0.4) is 0 Å². The summed E-state index contributed by atoms with van der Waals surface area (Å²) < 4.78 is 11.7. The molecule has 4 nitrogen and oxygen atoms in total. The van der Waals surface area contributed by atoms with E-state index in [2.05, 4.69) is 27.4 Å². The van der Waals surface area contributed by atoms with Gasteiger partial charge in [-0.1, -0.05) is 19.4 Å². The van der Waals surface area contributed by atoms with Gasteiger partial charge in [0.1, 0.15) is 5.60 Å². The maximum Gasteiger partial charge on any atom is 0.311 e. The van der Waals surface area contributed by atoms with Crippen LogP contribution in [0.15, 0.2) is 12.7 Å². The lowest BCUT2D eigenvalue weighted by Crippen LogP contribution is -2.64. The zero-order valence-corrected chi connectivity index (χ0v) is 16.3. The maximum atomic E-state index is 12.6. The first-order valence-corrected chi connectivity index (χ1v) is 9.73.